The van der Waals surface area contributed by atoms with Gasteiger partial charge in [-0.1, -0.05) is 66.7 Å². The Hall–Kier alpha value is -2.41. The van der Waals surface area contributed by atoms with Gasteiger partial charge < -0.3 is 0 Å². The van der Waals surface area contributed by atoms with E-state index in [2.05, 4.69) is 0 Å². The predicted molar refractivity (Wildman–Crippen MR) is 79.4 cm³/mol. The minimum Gasteiger partial charge on any atom is -0.206 e. The fourth-order valence-electron chi connectivity index (χ4n) is 2.12. The molecule has 3 rings (SSSR count). The zero-order valence-corrected chi connectivity index (χ0v) is 10.4. The minimum absolute atomic E-state index is 0.211. The molecule has 0 saturated heterocycles. The van der Waals surface area contributed by atoms with Gasteiger partial charge in [-0.05, 0) is 28.5 Å². The lowest BCUT2D eigenvalue weighted by Crippen LogP contribution is -1.80. The average Bonchev–Trinajstić information content (AvgIpc) is 2.48. The van der Waals surface area contributed by atoms with Gasteiger partial charge in [0.15, 0.2) is 0 Å². The molecule has 0 aliphatic rings. The molecule has 0 amide bonds. The van der Waals surface area contributed by atoms with Gasteiger partial charge in [0.2, 0.25) is 0 Å². The van der Waals surface area contributed by atoms with Crippen LogP contribution in [0.15, 0.2) is 72.8 Å². The van der Waals surface area contributed by atoms with Gasteiger partial charge in [0.25, 0.3) is 0 Å². The van der Waals surface area contributed by atoms with E-state index in [0.29, 0.717) is 5.56 Å². The Bertz CT molecular complexity index is 727. The molecule has 0 bridgehead atoms. The van der Waals surface area contributed by atoms with E-state index in [9.17, 15) is 4.39 Å². The summed E-state index contributed by atoms with van der Waals surface area (Å²) in [5.74, 6) is -0.211. The quantitative estimate of drug-likeness (QED) is 0.539. The molecule has 92 valence electrons. The lowest BCUT2D eigenvalue weighted by molar-refractivity contribution is 0.765. The Kier molecular flexibility index (Phi) is 3.11. The van der Waals surface area contributed by atoms with E-state index in [1.807, 2.05) is 72.8 Å². The number of hydrogen-bond acceptors (Lipinski definition) is 0. The summed E-state index contributed by atoms with van der Waals surface area (Å²) in [5, 5.41) is 2.18. The Morgan fingerprint density at radius 1 is 0.737 bits per heavy atom. The van der Waals surface area contributed by atoms with Gasteiger partial charge in [-0.2, -0.15) is 0 Å². The van der Waals surface area contributed by atoms with Crippen LogP contribution in [-0.2, 0) is 0 Å². The summed E-state index contributed by atoms with van der Waals surface area (Å²) in [6.07, 6.45) is 1.56. The van der Waals surface area contributed by atoms with Gasteiger partial charge in [0.05, 0.1) is 0 Å². The minimum atomic E-state index is -0.211. The molecule has 3 aromatic carbocycles. The van der Waals surface area contributed by atoms with Crippen LogP contribution in [0.2, 0.25) is 0 Å². The average molecular weight is 248 g/mol. The molecule has 0 unspecified atom stereocenters. The number of hydrogen-bond donors (Lipinski definition) is 0. The zero-order valence-electron chi connectivity index (χ0n) is 10.4. The van der Waals surface area contributed by atoms with Gasteiger partial charge in [0.1, 0.15) is 5.83 Å². The van der Waals surface area contributed by atoms with Crippen molar-refractivity contribution in [1.29, 1.82) is 0 Å². The van der Waals surface area contributed by atoms with E-state index in [0.717, 1.165) is 16.3 Å². The summed E-state index contributed by atoms with van der Waals surface area (Å²) in [6, 6.07) is 23.1. The van der Waals surface area contributed by atoms with Crippen molar-refractivity contribution in [3.8, 4) is 0 Å². The molecule has 1 heteroatoms. The molecule has 0 N–H and O–H groups in total. The topological polar surface area (TPSA) is 0 Å². The lowest BCUT2D eigenvalue weighted by Gasteiger charge is -2.02. The maximum absolute atomic E-state index is 14.2. The van der Waals surface area contributed by atoms with Gasteiger partial charge in [0, 0.05) is 5.56 Å². The highest BCUT2D eigenvalue weighted by Gasteiger charge is 2.02. The van der Waals surface area contributed by atoms with Crippen LogP contribution in [0.25, 0.3) is 22.7 Å². The molecular formula is C18H13F. The highest BCUT2D eigenvalue weighted by Crippen LogP contribution is 2.23. The molecular weight excluding hydrogens is 235 g/mol. The zero-order chi connectivity index (χ0) is 13.1. The first kappa shape index (κ1) is 11.7. The van der Waals surface area contributed by atoms with Crippen molar-refractivity contribution < 1.29 is 4.39 Å². The van der Waals surface area contributed by atoms with Crippen molar-refractivity contribution in [2.24, 2.45) is 0 Å². The van der Waals surface area contributed by atoms with Crippen LogP contribution in [0.4, 0.5) is 4.39 Å². The summed E-state index contributed by atoms with van der Waals surface area (Å²) in [6.45, 7) is 0. The maximum atomic E-state index is 14.2. The number of benzene rings is 3. The molecule has 0 saturated carbocycles. The van der Waals surface area contributed by atoms with Crippen molar-refractivity contribution in [3.05, 3.63) is 83.9 Å². The second-order valence-corrected chi connectivity index (χ2v) is 4.46. The highest BCUT2D eigenvalue weighted by molar-refractivity contribution is 5.87. The third-order valence-corrected chi connectivity index (χ3v) is 3.12. The molecule has 19 heavy (non-hydrogen) atoms. The van der Waals surface area contributed by atoms with Crippen molar-refractivity contribution in [1.82, 2.24) is 0 Å². The van der Waals surface area contributed by atoms with Crippen molar-refractivity contribution in [2.75, 3.05) is 0 Å². The summed E-state index contributed by atoms with van der Waals surface area (Å²) < 4.78 is 14.2. The van der Waals surface area contributed by atoms with Gasteiger partial charge in [-0.25, -0.2) is 4.39 Å². The van der Waals surface area contributed by atoms with E-state index >= 15 is 0 Å². The van der Waals surface area contributed by atoms with Crippen LogP contribution in [0, 0.1) is 0 Å². The Labute approximate surface area is 111 Å². The van der Waals surface area contributed by atoms with Gasteiger partial charge in [-0.15, -0.1) is 0 Å². The molecule has 0 spiro atoms. The van der Waals surface area contributed by atoms with Gasteiger partial charge >= 0.3 is 0 Å². The van der Waals surface area contributed by atoms with Crippen LogP contribution in [0.5, 0.6) is 0 Å². The van der Waals surface area contributed by atoms with Crippen molar-refractivity contribution in [3.63, 3.8) is 0 Å². The van der Waals surface area contributed by atoms with Crippen LogP contribution >= 0.6 is 0 Å². The molecule has 0 radical (unpaired) electrons. The predicted octanol–water partition coefficient (Wildman–Crippen LogP) is 5.31. The standard InChI is InChI=1S/C18H13F/c19-18(12-14-6-2-1-3-7-14)17-11-10-15-8-4-5-9-16(15)13-17/h1-13H. The van der Waals surface area contributed by atoms with Crippen molar-refractivity contribution >= 4 is 22.7 Å². The first-order chi connectivity index (χ1) is 9.33. The molecule has 0 aliphatic heterocycles. The Morgan fingerprint density at radius 2 is 1.42 bits per heavy atom. The first-order valence-electron chi connectivity index (χ1n) is 6.24. The largest absolute Gasteiger partial charge is 0.206 e. The van der Waals surface area contributed by atoms with Crippen LogP contribution in [0.3, 0.4) is 0 Å². The molecule has 3 aromatic rings. The van der Waals surface area contributed by atoms with Gasteiger partial charge in [-0.3, -0.25) is 0 Å². The Balaban J connectivity index is 2.02. The van der Waals surface area contributed by atoms with Crippen LogP contribution < -0.4 is 0 Å². The molecule has 0 nitrogen and oxygen atoms in total. The summed E-state index contributed by atoms with van der Waals surface area (Å²) in [5.41, 5.74) is 1.48. The second kappa shape index (κ2) is 5.07. The van der Waals surface area contributed by atoms with Crippen molar-refractivity contribution in [2.45, 2.75) is 0 Å². The molecule has 0 fully saturated rings. The summed E-state index contributed by atoms with van der Waals surface area (Å²) >= 11 is 0. The smallest absolute Gasteiger partial charge is 0.131 e. The van der Waals surface area contributed by atoms with E-state index in [1.165, 1.54) is 0 Å². The SMILES string of the molecule is FC(=Cc1ccccc1)c1ccc2ccccc2c1. The first-order valence-corrected chi connectivity index (χ1v) is 6.24. The number of fused-ring (bicyclic) bond motifs is 1. The number of rotatable bonds is 2. The molecule has 0 aromatic heterocycles. The number of halogens is 1. The van der Waals surface area contributed by atoms with Crippen LogP contribution in [-0.4, -0.2) is 0 Å². The van der Waals surface area contributed by atoms with E-state index in [4.69, 9.17) is 0 Å². The molecule has 0 heterocycles. The lowest BCUT2D eigenvalue weighted by atomic mass is 10.1. The Morgan fingerprint density at radius 3 is 2.21 bits per heavy atom. The maximum Gasteiger partial charge on any atom is 0.131 e. The fraction of sp³-hybridized carbons (Fsp3) is 0. The monoisotopic (exact) mass is 248 g/mol. The third-order valence-electron chi connectivity index (χ3n) is 3.12. The summed E-state index contributed by atoms with van der Waals surface area (Å²) in [7, 11) is 0. The second-order valence-electron chi connectivity index (χ2n) is 4.46. The highest BCUT2D eigenvalue weighted by atomic mass is 19.1. The van der Waals surface area contributed by atoms with E-state index in [-0.39, 0.29) is 5.83 Å². The van der Waals surface area contributed by atoms with E-state index < -0.39 is 0 Å². The molecule has 0 aliphatic carbocycles. The normalized spacial score (nSPS) is 11.7. The van der Waals surface area contributed by atoms with E-state index in [1.54, 1.807) is 6.08 Å². The molecule has 0 atom stereocenters. The van der Waals surface area contributed by atoms with Crippen LogP contribution in [0.1, 0.15) is 11.1 Å². The summed E-state index contributed by atoms with van der Waals surface area (Å²) in [4.78, 5) is 0. The fourth-order valence-corrected chi connectivity index (χ4v) is 2.12. The third kappa shape index (κ3) is 2.55.